The standard InChI is InChI=1S/C20H18N2O5S2/c1-12-18(10-13-3-8-16-17(9-13)27-11-26-16)28-20(21-12)22-19(23)14-4-6-15(7-5-14)29(2,24)25/h3-9H,10-11H2,1-2H3,(H,21,22,23). The first kappa shape index (κ1) is 19.4. The monoisotopic (exact) mass is 430 g/mol. The quantitative estimate of drug-likeness (QED) is 0.666. The van der Waals surface area contributed by atoms with Crippen LogP contribution in [-0.2, 0) is 16.3 Å². The fourth-order valence-corrected chi connectivity index (χ4v) is 4.53. The van der Waals surface area contributed by atoms with E-state index in [1.54, 1.807) is 0 Å². The van der Waals surface area contributed by atoms with Crippen molar-refractivity contribution in [2.75, 3.05) is 18.4 Å². The number of nitrogens with one attached hydrogen (secondary N) is 1. The molecule has 0 saturated carbocycles. The van der Waals surface area contributed by atoms with Crippen LogP contribution in [0.1, 0.15) is 26.5 Å². The Hall–Kier alpha value is -2.91. The van der Waals surface area contributed by atoms with Gasteiger partial charge in [0.25, 0.3) is 5.91 Å². The molecule has 150 valence electrons. The molecule has 4 rings (SSSR count). The number of amides is 1. The molecule has 1 aromatic heterocycles. The molecule has 1 N–H and O–H groups in total. The van der Waals surface area contributed by atoms with Crippen LogP contribution in [0.4, 0.5) is 5.13 Å². The highest BCUT2D eigenvalue weighted by atomic mass is 32.2. The smallest absolute Gasteiger partial charge is 0.257 e. The van der Waals surface area contributed by atoms with E-state index in [1.165, 1.54) is 35.6 Å². The van der Waals surface area contributed by atoms with E-state index in [-0.39, 0.29) is 17.6 Å². The molecule has 29 heavy (non-hydrogen) atoms. The first-order chi connectivity index (χ1) is 13.8. The number of ether oxygens (including phenoxy) is 2. The van der Waals surface area contributed by atoms with E-state index in [9.17, 15) is 13.2 Å². The number of hydrogen-bond donors (Lipinski definition) is 1. The van der Waals surface area contributed by atoms with Crippen LogP contribution in [0.15, 0.2) is 47.4 Å². The number of thiazole rings is 1. The molecule has 2 heterocycles. The molecule has 9 heteroatoms. The number of aryl methyl sites for hydroxylation is 1. The lowest BCUT2D eigenvalue weighted by atomic mass is 10.1. The van der Waals surface area contributed by atoms with Gasteiger partial charge in [-0.1, -0.05) is 6.07 Å². The zero-order valence-corrected chi connectivity index (χ0v) is 17.4. The fraction of sp³-hybridized carbons (Fsp3) is 0.200. The summed E-state index contributed by atoms with van der Waals surface area (Å²) in [5, 5.41) is 3.28. The number of carbonyl (C=O) groups excluding carboxylic acids is 1. The van der Waals surface area contributed by atoms with E-state index in [0.717, 1.165) is 33.9 Å². The van der Waals surface area contributed by atoms with Gasteiger partial charge in [-0.05, 0) is 48.9 Å². The van der Waals surface area contributed by atoms with Gasteiger partial charge in [0.15, 0.2) is 26.5 Å². The summed E-state index contributed by atoms with van der Waals surface area (Å²) in [4.78, 5) is 18.1. The maximum Gasteiger partial charge on any atom is 0.257 e. The van der Waals surface area contributed by atoms with Crippen LogP contribution in [0.2, 0.25) is 0 Å². The Morgan fingerprint density at radius 1 is 1.14 bits per heavy atom. The third-order valence-electron chi connectivity index (χ3n) is 4.46. The average Bonchev–Trinajstić information content (AvgIpc) is 3.27. The van der Waals surface area contributed by atoms with Crippen LogP contribution in [0.5, 0.6) is 11.5 Å². The Bertz CT molecular complexity index is 1180. The van der Waals surface area contributed by atoms with Crippen molar-refractivity contribution in [3.8, 4) is 11.5 Å². The Morgan fingerprint density at radius 2 is 1.86 bits per heavy atom. The van der Waals surface area contributed by atoms with Crippen LogP contribution in [0, 0.1) is 6.92 Å². The minimum absolute atomic E-state index is 0.171. The summed E-state index contributed by atoms with van der Waals surface area (Å²) in [5.41, 5.74) is 2.27. The number of rotatable bonds is 5. The van der Waals surface area contributed by atoms with E-state index in [2.05, 4.69) is 10.3 Å². The zero-order chi connectivity index (χ0) is 20.6. The van der Waals surface area contributed by atoms with Crippen molar-refractivity contribution >= 4 is 32.2 Å². The van der Waals surface area contributed by atoms with Crippen LogP contribution < -0.4 is 14.8 Å². The molecule has 0 fully saturated rings. The van der Waals surface area contributed by atoms with Crippen molar-refractivity contribution in [2.24, 2.45) is 0 Å². The molecule has 0 radical (unpaired) electrons. The Morgan fingerprint density at radius 3 is 2.59 bits per heavy atom. The molecular weight excluding hydrogens is 412 g/mol. The van der Waals surface area contributed by atoms with Gasteiger partial charge in [-0.2, -0.15) is 0 Å². The summed E-state index contributed by atoms with van der Waals surface area (Å²) < 4.78 is 33.8. The maximum atomic E-state index is 12.5. The second-order valence-electron chi connectivity index (χ2n) is 6.64. The molecule has 1 aliphatic heterocycles. The molecule has 0 unspecified atom stereocenters. The average molecular weight is 431 g/mol. The molecule has 1 amide bonds. The first-order valence-corrected chi connectivity index (χ1v) is 11.5. The normalized spacial score (nSPS) is 12.8. The minimum atomic E-state index is -3.30. The molecule has 0 atom stereocenters. The van der Waals surface area contributed by atoms with Crippen molar-refractivity contribution in [2.45, 2.75) is 18.2 Å². The summed E-state index contributed by atoms with van der Waals surface area (Å²) >= 11 is 1.41. The second kappa shape index (κ2) is 7.49. The molecule has 2 aromatic carbocycles. The Kier molecular flexibility index (Phi) is 5.01. The van der Waals surface area contributed by atoms with Gasteiger partial charge in [0.05, 0.1) is 10.6 Å². The van der Waals surface area contributed by atoms with Crippen molar-refractivity contribution in [3.05, 3.63) is 64.2 Å². The van der Waals surface area contributed by atoms with Crippen molar-refractivity contribution < 1.29 is 22.7 Å². The second-order valence-corrected chi connectivity index (χ2v) is 9.74. The maximum absolute atomic E-state index is 12.5. The summed E-state index contributed by atoms with van der Waals surface area (Å²) in [6.07, 6.45) is 1.79. The fourth-order valence-electron chi connectivity index (χ4n) is 2.90. The van der Waals surface area contributed by atoms with Crippen molar-refractivity contribution in [3.63, 3.8) is 0 Å². The number of benzene rings is 2. The molecule has 0 aliphatic carbocycles. The molecule has 0 bridgehead atoms. The third kappa shape index (κ3) is 4.25. The number of fused-ring (bicyclic) bond motifs is 1. The first-order valence-electron chi connectivity index (χ1n) is 8.76. The summed E-state index contributed by atoms with van der Waals surface area (Å²) in [5.74, 6) is 1.13. The van der Waals surface area contributed by atoms with Crippen LogP contribution in [0.3, 0.4) is 0 Å². The summed E-state index contributed by atoms with van der Waals surface area (Å²) in [6, 6.07) is 11.6. The van der Waals surface area contributed by atoms with E-state index >= 15 is 0 Å². The lowest BCUT2D eigenvalue weighted by Crippen LogP contribution is -2.11. The van der Waals surface area contributed by atoms with Gasteiger partial charge >= 0.3 is 0 Å². The summed E-state index contributed by atoms with van der Waals surface area (Å²) in [6.45, 7) is 2.13. The van der Waals surface area contributed by atoms with Gasteiger partial charge in [-0.25, -0.2) is 13.4 Å². The molecule has 0 saturated heterocycles. The topological polar surface area (TPSA) is 94.6 Å². The Balaban J connectivity index is 1.47. The number of hydrogen-bond acceptors (Lipinski definition) is 7. The molecule has 3 aromatic rings. The van der Waals surface area contributed by atoms with E-state index in [1.807, 2.05) is 25.1 Å². The van der Waals surface area contributed by atoms with Crippen molar-refractivity contribution in [1.82, 2.24) is 4.98 Å². The van der Waals surface area contributed by atoms with Gasteiger partial charge in [-0.3, -0.25) is 10.1 Å². The lowest BCUT2D eigenvalue weighted by molar-refractivity contribution is 0.102. The van der Waals surface area contributed by atoms with E-state index < -0.39 is 9.84 Å². The molecule has 7 nitrogen and oxygen atoms in total. The highest BCUT2D eigenvalue weighted by molar-refractivity contribution is 7.90. The van der Waals surface area contributed by atoms with Crippen LogP contribution in [0.25, 0.3) is 0 Å². The molecular formula is C20H18N2O5S2. The number of sulfone groups is 1. The largest absolute Gasteiger partial charge is 0.454 e. The lowest BCUT2D eigenvalue weighted by Gasteiger charge is -2.03. The van der Waals surface area contributed by atoms with Crippen molar-refractivity contribution in [1.29, 1.82) is 0 Å². The predicted octanol–water partition coefficient (Wildman–Crippen LogP) is 3.43. The number of carbonyl (C=O) groups is 1. The van der Waals surface area contributed by atoms with Crippen LogP contribution >= 0.6 is 11.3 Å². The van der Waals surface area contributed by atoms with Gasteiger partial charge < -0.3 is 9.47 Å². The van der Waals surface area contributed by atoms with E-state index in [0.29, 0.717) is 17.1 Å². The summed E-state index contributed by atoms with van der Waals surface area (Å²) in [7, 11) is -3.30. The van der Waals surface area contributed by atoms with Crippen LogP contribution in [-0.4, -0.2) is 32.4 Å². The van der Waals surface area contributed by atoms with Gasteiger partial charge in [-0.15, -0.1) is 11.3 Å². The highest BCUT2D eigenvalue weighted by Crippen LogP contribution is 2.34. The number of anilines is 1. The third-order valence-corrected chi connectivity index (χ3v) is 6.66. The van der Waals surface area contributed by atoms with Gasteiger partial charge in [0.1, 0.15) is 0 Å². The predicted molar refractivity (Wildman–Crippen MR) is 110 cm³/mol. The van der Waals surface area contributed by atoms with Gasteiger partial charge in [0, 0.05) is 23.1 Å². The van der Waals surface area contributed by atoms with Gasteiger partial charge in [0.2, 0.25) is 6.79 Å². The highest BCUT2D eigenvalue weighted by Gasteiger charge is 2.16. The SMILES string of the molecule is Cc1nc(NC(=O)c2ccc(S(C)(=O)=O)cc2)sc1Cc1ccc2c(c1)OCO2. The molecule has 1 aliphatic rings. The minimum Gasteiger partial charge on any atom is -0.454 e. The number of nitrogens with zero attached hydrogens (tertiary/aromatic N) is 1. The number of aromatic nitrogens is 1. The van der Waals surface area contributed by atoms with E-state index in [4.69, 9.17) is 9.47 Å². The Labute approximate surface area is 172 Å². The molecule has 0 spiro atoms. The zero-order valence-electron chi connectivity index (χ0n) is 15.8.